The van der Waals surface area contributed by atoms with Gasteiger partial charge in [0.25, 0.3) is 0 Å². The van der Waals surface area contributed by atoms with Crippen molar-refractivity contribution in [2.75, 3.05) is 0 Å². The number of nitrogens with zero attached hydrogens (tertiary/aromatic N) is 2. The largest absolute Gasteiger partial charge is 0.302 e. The molecule has 0 aliphatic heterocycles. The summed E-state index contributed by atoms with van der Waals surface area (Å²) in [6.07, 6.45) is 14.7. The number of rotatable bonds is 3. The van der Waals surface area contributed by atoms with Gasteiger partial charge in [-0.2, -0.15) is 0 Å². The number of pyridine rings is 2. The second kappa shape index (κ2) is 7.19. The standard InChI is InChI=1S/C26H30N2O/c1-25(12-4-2-5-13-25)24-21(26(18-29)14-6-3-7-15-26)17-19-10-11-22-20(23(19)28-24)9-8-16-27-22/h8-11,16-18H,2-7,12-15H2,1H3. The fraction of sp³-hybridized carbons (Fsp3) is 0.500. The van der Waals surface area contributed by atoms with Gasteiger partial charge in [0.1, 0.15) is 6.29 Å². The van der Waals surface area contributed by atoms with E-state index in [1.807, 2.05) is 12.3 Å². The molecule has 0 radical (unpaired) electrons. The van der Waals surface area contributed by atoms with Gasteiger partial charge in [0.15, 0.2) is 0 Å². The van der Waals surface area contributed by atoms with Gasteiger partial charge in [0.2, 0.25) is 0 Å². The van der Waals surface area contributed by atoms with Crippen molar-refractivity contribution in [3.63, 3.8) is 0 Å². The third-order valence-electron chi connectivity index (χ3n) is 7.60. The summed E-state index contributed by atoms with van der Waals surface area (Å²) in [5, 5.41) is 2.25. The van der Waals surface area contributed by atoms with Crippen LogP contribution in [0.5, 0.6) is 0 Å². The van der Waals surface area contributed by atoms with Crippen LogP contribution in [-0.2, 0) is 15.6 Å². The molecule has 3 nitrogen and oxygen atoms in total. The average molecular weight is 387 g/mol. The second-order valence-electron chi connectivity index (χ2n) is 9.55. The summed E-state index contributed by atoms with van der Waals surface area (Å²) in [6.45, 7) is 2.38. The minimum Gasteiger partial charge on any atom is -0.302 e. The van der Waals surface area contributed by atoms with Crippen molar-refractivity contribution in [1.29, 1.82) is 0 Å². The topological polar surface area (TPSA) is 42.9 Å². The van der Waals surface area contributed by atoms with Crippen LogP contribution in [-0.4, -0.2) is 16.3 Å². The van der Waals surface area contributed by atoms with E-state index < -0.39 is 0 Å². The smallest absolute Gasteiger partial charge is 0.130 e. The minimum atomic E-state index is -0.362. The summed E-state index contributed by atoms with van der Waals surface area (Å²) in [5.41, 5.74) is 4.13. The zero-order valence-electron chi connectivity index (χ0n) is 17.4. The van der Waals surface area contributed by atoms with Gasteiger partial charge in [-0.15, -0.1) is 0 Å². The summed E-state index contributed by atoms with van der Waals surface area (Å²) < 4.78 is 0. The molecular formula is C26H30N2O. The molecule has 0 spiro atoms. The van der Waals surface area contributed by atoms with E-state index in [9.17, 15) is 4.79 Å². The molecule has 2 saturated carbocycles. The van der Waals surface area contributed by atoms with Crippen molar-refractivity contribution >= 4 is 28.1 Å². The molecule has 29 heavy (non-hydrogen) atoms. The number of fused-ring (bicyclic) bond motifs is 3. The third kappa shape index (κ3) is 3.06. The highest BCUT2D eigenvalue weighted by atomic mass is 16.1. The lowest BCUT2D eigenvalue weighted by Gasteiger charge is -2.40. The molecule has 2 heterocycles. The normalized spacial score (nSPS) is 21.3. The van der Waals surface area contributed by atoms with E-state index in [1.165, 1.54) is 43.2 Å². The molecule has 0 bridgehead atoms. The van der Waals surface area contributed by atoms with Crippen LogP contribution >= 0.6 is 0 Å². The van der Waals surface area contributed by atoms with Gasteiger partial charge >= 0.3 is 0 Å². The van der Waals surface area contributed by atoms with Crippen molar-refractivity contribution < 1.29 is 4.79 Å². The Hall–Kier alpha value is -2.29. The number of carbonyl (C=O) groups excluding carboxylic acids is 1. The molecule has 1 aromatic carbocycles. The van der Waals surface area contributed by atoms with E-state index in [1.54, 1.807) is 0 Å². The summed E-state index contributed by atoms with van der Waals surface area (Å²) in [6, 6.07) is 10.6. The number of hydrogen-bond donors (Lipinski definition) is 0. The van der Waals surface area contributed by atoms with Crippen LogP contribution in [0.3, 0.4) is 0 Å². The number of hydrogen-bond acceptors (Lipinski definition) is 3. The lowest BCUT2D eigenvalue weighted by molar-refractivity contribution is -0.113. The summed E-state index contributed by atoms with van der Waals surface area (Å²) >= 11 is 0. The molecule has 0 atom stereocenters. The fourth-order valence-corrected chi connectivity index (χ4v) is 5.83. The quantitative estimate of drug-likeness (QED) is 0.386. The second-order valence-corrected chi connectivity index (χ2v) is 9.55. The van der Waals surface area contributed by atoms with E-state index >= 15 is 0 Å². The molecule has 0 amide bonds. The first kappa shape index (κ1) is 18.7. The number of aldehydes is 1. The summed E-state index contributed by atoms with van der Waals surface area (Å²) in [5.74, 6) is 0. The fourth-order valence-electron chi connectivity index (χ4n) is 5.83. The summed E-state index contributed by atoms with van der Waals surface area (Å²) in [7, 11) is 0. The molecule has 0 saturated heterocycles. The Morgan fingerprint density at radius 1 is 0.931 bits per heavy atom. The van der Waals surface area contributed by atoms with E-state index in [0.29, 0.717) is 0 Å². The third-order valence-corrected chi connectivity index (χ3v) is 7.60. The van der Waals surface area contributed by atoms with Crippen LogP contribution in [0.2, 0.25) is 0 Å². The monoisotopic (exact) mass is 386 g/mol. The highest BCUT2D eigenvalue weighted by Crippen LogP contribution is 2.47. The van der Waals surface area contributed by atoms with Gasteiger partial charge in [-0.05, 0) is 55.5 Å². The molecule has 2 aliphatic carbocycles. The zero-order valence-corrected chi connectivity index (χ0v) is 17.4. The molecule has 0 unspecified atom stereocenters. The van der Waals surface area contributed by atoms with Crippen molar-refractivity contribution in [2.45, 2.75) is 82.0 Å². The maximum absolute atomic E-state index is 12.5. The van der Waals surface area contributed by atoms with E-state index in [4.69, 9.17) is 4.98 Å². The first-order valence-corrected chi connectivity index (χ1v) is 11.3. The van der Waals surface area contributed by atoms with Gasteiger partial charge in [-0.25, -0.2) is 0 Å². The Labute approximate surface area is 172 Å². The molecule has 3 aromatic rings. The Morgan fingerprint density at radius 3 is 2.38 bits per heavy atom. The highest BCUT2D eigenvalue weighted by molar-refractivity contribution is 6.04. The SMILES string of the molecule is CC1(c2nc3c(ccc4ncccc43)cc2C2(C=O)CCCCC2)CCCCC1. The van der Waals surface area contributed by atoms with Crippen LogP contribution in [0.15, 0.2) is 36.5 Å². The van der Waals surface area contributed by atoms with Crippen LogP contribution in [0.4, 0.5) is 0 Å². The molecular weight excluding hydrogens is 356 g/mol. The van der Waals surface area contributed by atoms with E-state index in [0.717, 1.165) is 60.3 Å². The van der Waals surface area contributed by atoms with Gasteiger partial charge in [0, 0.05) is 22.4 Å². The van der Waals surface area contributed by atoms with Crippen molar-refractivity contribution in [1.82, 2.24) is 9.97 Å². The van der Waals surface area contributed by atoms with E-state index in [2.05, 4.69) is 36.2 Å². The molecule has 2 aliphatic rings. The first-order chi connectivity index (χ1) is 14.2. The average Bonchev–Trinajstić information content (AvgIpc) is 2.79. The Morgan fingerprint density at radius 2 is 1.66 bits per heavy atom. The molecule has 0 N–H and O–H groups in total. The number of carbonyl (C=O) groups is 1. The van der Waals surface area contributed by atoms with Gasteiger partial charge in [-0.3, -0.25) is 9.97 Å². The van der Waals surface area contributed by atoms with E-state index in [-0.39, 0.29) is 10.8 Å². The van der Waals surface area contributed by atoms with Crippen LogP contribution < -0.4 is 0 Å². The maximum atomic E-state index is 12.5. The highest BCUT2D eigenvalue weighted by Gasteiger charge is 2.41. The first-order valence-electron chi connectivity index (χ1n) is 11.3. The van der Waals surface area contributed by atoms with Gasteiger partial charge in [-0.1, -0.05) is 51.5 Å². The van der Waals surface area contributed by atoms with Gasteiger partial charge < -0.3 is 4.79 Å². The Balaban J connectivity index is 1.81. The Kier molecular flexibility index (Phi) is 4.64. The lowest BCUT2D eigenvalue weighted by atomic mass is 9.64. The maximum Gasteiger partial charge on any atom is 0.130 e. The Bertz CT molecular complexity index is 1060. The molecule has 2 aromatic heterocycles. The van der Waals surface area contributed by atoms with Gasteiger partial charge in [0.05, 0.1) is 22.1 Å². The van der Waals surface area contributed by atoms with Crippen LogP contribution in [0.1, 0.15) is 82.4 Å². The van der Waals surface area contributed by atoms with Crippen LogP contribution in [0.25, 0.3) is 21.8 Å². The van der Waals surface area contributed by atoms with Crippen LogP contribution in [0, 0.1) is 0 Å². The molecule has 150 valence electrons. The predicted octanol–water partition coefficient (Wildman–Crippen LogP) is 6.41. The minimum absolute atomic E-state index is 0.0552. The molecule has 2 fully saturated rings. The molecule has 3 heteroatoms. The number of benzene rings is 1. The number of aromatic nitrogens is 2. The van der Waals surface area contributed by atoms with Crippen molar-refractivity contribution in [3.05, 3.63) is 47.8 Å². The molecule has 5 rings (SSSR count). The van der Waals surface area contributed by atoms with Crippen molar-refractivity contribution in [2.24, 2.45) is 0 Å². The van der Waals surface area contributed by atoms with Crippen molar-refractivity contribution in [3.8, 4) is 0 Å². The summed E-state index contributed by atoms with van der Waals surface area (Å²) in [4.78, 5) is 22.4. The zero-order chi connectivity index (χ0) is 19.9. The predicted molar refractivity (Wildman–Crippen MR) is 118 cm³/mol. The lowest BCUT2D eigenvalue weighted by Crippen LogP contribution is -2.37.